The first-order chi connectivity index (χ1) is 5.54. The Hall–Kier alpha value is -1.56. The lowest BCUT2D eigenvalue weighted by atomic mass is 10.5. The van der Waals surface area contributed by atoms with E-state index in [-0.39, 0.29) is 13.0 Å². The number of carboxylic acid groups (broad SMARTS) is 1. The van der Waals surface area contributed by atoms with Gasteiger partial charge in [-0.15, -0.1) is 0 Å². The predicted octanol–water partition coefficient (Wildman–Crippen LogP) is -0.355. The van der Waals surface area contributed by atoms with Crippen molar-refractivity contribution in [3.8, 4) is 0 Å². The highest BCUT2D eigenvalue weighted by Crippen LogP contribution is 1.67. The lowest BCUT2D eigenvalue weighted by Gasteiger charge is -1.83. The first-order valence-electron chi connectivity index (χ1n) is 3.03. The molecule has 0 radical (unpaired) electrons. The number of nitrogens with two attached hydrogens (primary N) is 2. The van der Waals surface area contributed by atoms with Gasteiger partial charge in [0.15, 0.2) is 0 Å². The number of carbonyl (C=O) groups excluding carboxylic acids is 1. The molecule has 5 N–H and O–H groups in total. The van der Waals surface area contributed by atoms with Crippen LogP contribution >= 0.6 is 0 Å². The second-order valence-electron chi connectivity index (χ2n) is 1.54. The molecule has 6 heteroatoms. The minimum atomic E-state index is -0.836. The standard InChI is InChI=1S/C3H5NO2.C3H7NO2/c1-2-6-3(4)5;4-2-1-3(5)6/h2H,1H2,(H2,4,5);1-2,4H2,(H,5,6). The third kappa shape index (κ3) is 23.7. The third-order valence-electron chi connectivity index (χ3n) is 0.558. The van der Waals surface area contributed by atoms with Gasteiger partial charge in [-0.05, 0) is 0 Å². The fraction of sp³-hybridized carbons (Fsp3) is 0.333. The molecular weight excluding hydrogens is 164 g/mol. The molecule has 12 heavy (non-hydrogen) atoms. The second-order valence-corrected chi connectivity index (χ2v) is 1.54. The number of amides is 1. The van der Waals surface area contributed by atoms with Gasteiger partial charge in [-0.3, -0.25) is 4.79 Å². The molecule has 6 nitrogen and oxygen atoms in total. The molecule has 0 aliphatic heterocycles. The fourth-order valence-electron chi connectivity index (χ4n) is 0.206. The maximum Gasteiger partial charge on any atom is 0.409 e. The normalized spacial score (nSPS) is 7.42. The van der Waals surface area contributed by atoms with E-state index in [1.165, 1.54) is 0 Å². The summed E-state index contributed by atoms with van der Waals surface area (Å²) in [6.07, 6.45) is 0.215. The van der Waals surface area contributed by atoms with E-state index in [0.717, 1.165) is 6.26 Å². The molecule has 0 saturated carbocycles. The Morgan fingerprint density at radius 2 is 2.08 bits per heavy atom. The zero-order valence-corrected chi connectivity index (χ0v) is 6.53. The van der Waals surface area contributed by atoms with E-state index in [2.05, 4.69) is 17.0 Å². The SMILES string of the molecule is C=COC(N)=O.NCCC(=O)O. The van der Waals surface area contributed by atoms with Crippen LogP contribution in [0.4, 0.5) is 4.79 Å². The molecule has 1 amide bonds. The zero-order chi connectivity index (χ0) is 9.98. The lowest BCUT2D eigenvalue weighted by molar-refractivity contribution is -0.136. The summed E-state index contributed by atoms with van der Waals surface area (Å²) in [6.45, 7) is 3.31. The Morgan fingerprint density at radius 1 is 1.58 bits per heavy atom. The number of ether oxygens (including phenoxy) is 1. The fourth-order valence-corrected chi connectivity index (χ4v) is 0.206. The number of carbonyl (C=O) groups is 2. The van der Waals surface area contributed by atoms with Crippen LogP contribution in [-0.4, -0.2) is 23.7 Å². The molecule has 0 atom stereocenters. The highest BCUT2D eigenvalue weighted by atomic mass is 16.5. The third-order valence-corrected chi connectivity index (χ3v) is 0.558. The molecule has 0 bridgehead atoms. The molecule has 0 aromatic rings. The zero-order valence-electron chi connectivity index (χ0n) is 6.53. The maximum atomic E-state index is 9.53. The van der Waals surface area contributed by atoms with E-state index in [4.69, 9.17) is 10.8 Å². The van der Waals surface area contributed by atoms with Gasteiger partial charge in [-0.1, -0.05) is 6.58 Å². The molecule has 0 aliphatic carbocycles. The van der Waals surface area contributed by atoms with Crippen molar-refractivity contribution in [2.45, 2.75) is 6.42 Å². The van der Waals surface area contributed by atoms with Crippen molar-refractivity contribution in [1.82, 2.24) is 0 Å². The Bertz CT molecular complexity index is 158. The summed E-state index contributed by atoms with van der Waals surface area (Å²) in [5.74, 6) is -0.836. The Kier molecular flexibility index (Phi) is 10.3. The van der Waals surface area contributed by atoms with Gasteiger partial charge in [0.25, 0.3) is 0 Å². The van der Waals surface area contributed by atoms with Crippen LogP contribution in [0.25, 0.3) is 0 Å². The van der Waals surface area contributed by atoms with Gasteiger partial charge >= 0.3 is 12.1 Å². The first kappa shape index (κ1) is 13.1. The molecule has 0 aromatic heterocycles. The largest absolute Gasteiger partial charge is 0.481 e. The van der Waals surface area contributed by atoms with Crippen molar-refractivity contribution in [3.63, 3.8) is 0 Å². The Labute approximate surface area is 69.8 Å². The topological polar surface area (TPSA) is 116 Å². The van der Waals surface area contributed by atoms with Gasteiger partial charge < -0.3 is 21.3 Å². The van der Waals surface area contributed by atoms with E-state index < -0.39 is 12.1 Å². The van der Waals surface area contributed by atoms with E-state index in [0.29, 0.717) is 0 Å². The van der Waals surface area contributed by atoms with Crippen LogP contribution in [-0.2, 0) is 9.53 Å². The van der Waals surface area contributed by atoms with E-state index in [9.17, 15) is 9.59 Å². The smallest absolute Gasteiger partial charge is 0.409 e. The number of rotatable bonds is 3. The quantitative estimate of drug-likeness (QED) is 0.508. The molecule has 0 aliphatic rings. The molecule has 0 aromatic carbocycles. The first-order valence-corrected chi connectivity index (χ1v) is 3.03. The summed E-state index contributed by atoms with van der Waals surface area (Å²) in [5, 5.41) is 7.83. The van der Waals surface area contributed by atoms with Crippen LogP contribution in [0.15, 0.2) is 12.8 Å². The molecular formula is C6H12N2O4. The predicted molar refractivity (Wildman–Crippen MR) is 42.2 cm³/mol. The van der Waals surface area contributed by atoms with Crippen molar-refractivity contribution in [3.05, 3.63) is 12.8 Å². The van der Waals surface area contributed by atoms with Crippen LogP contribution in [0.2, 0.25) is 0 Å². The highest BCUT2D eigenvalue weighted by molar-refractivity contribution is 5.66. The van der Waals surface area contributed by atoms with Gasteiger partial charge in [-0.2, -0.15) is 0 Å². The van der Waals surface area contributed by atoms with Crippen molar-refractivity contribution in [2.75, 3.05) is 6.54 Å². The van der Waals surface area contributed by atoms with E-state index in [1.807, 2.05) is 0 Å². The molecule has 0 spiro atoms. The van der Waals surface area contributed by atoms with Gasteiger partial charge in [-0.25, -0.2) is 4.79 Å². The monoisotopic (exact) mass is 176 g/mol. The minimum Gasteiger partial charge on any atom is -0.481 e. The van der Waals surface area contributed by atoms with E-state index in [1.54, 1.807) is 0 Å². The van der Waals surface area contributed by atoms with Crippen molar-refractivity contribution >= 4 is 12.1 Å². The number of primary amides is 1. The average Bonchev–Trinajstić information content (AvgIpc) is 1.87. The Morgan fingerprint density at radius 3 is 2.08 bits per heavy atom. The lowest BCUT2D eigenvalue weighted by Crippen LogP contribution is -2.08. The molecule has 0 unspecified atom stereocenters. The summed E-state index contributed by atoms with van der Waals surface area (Å²) < 4.78 is 3.94. The highest BCUT2D eigenvalue weighted by Gasteiger charge is 1.87. The summed E-state index contributed by atoms with van der Waals surface area (Å²) in [6, 6.07) is 0. The number of carboxylic acids is 1. The van der Waals surface area contributed by atoms with Gasteiger partial charge in [0, 0.05) is 6.54 Å². The summed E-state index contributed by atoms with van der Waals surface area (Å²) in [5.41, 5.74) is 9.32. The van der Waals surface area contributed by atoms with Gasteiger partial charge in [0.1, 0.15) is 0 Å². The minimum absolute atomic E-state index is 0.0694. The van der Waals surface area contributed by atoms with Gasteiger partial charge in [0.2, 0.25) is 0 Å². The molecule has 0 saturated heterocycles. The molecule has 0 rings (SSSR count). The van der Waals surface area contributed by atoms with Crippen LogP contribution in [0.1, 0.15) is 6.42 Å². The Balaban J connectivity index is 0. The van der Waals surface area contributed by atoms with Gasteiger partial charge in [0.05, 0.1) is 12.7 Å². The second kappa shape index (κ2) is 9.44. The number of aliphatic carboxylic acids is 1. The molecule has 0 heterocycles. The van der Waals surface area contributed by atoms with Crippen LogP contribution < -0.4 is 11.5 Å². The van der Waals surface area contributed by atoms with Crippen molar-refractivity contribution in [1.29, 1.82) is 0 Å². The number of hydrogen-bond donors (Lipinski definition) is 3. The van der Waals surface area contributed by atoms with Crippen molar-refractivity contribution in [2.24, 2.45) is 11.5 Å². The summed E-state index contributed by atoms with van der Waals surface area (Å²) in [4.78, 5) is 19.0. The van der Waals surface area contributed by atoms with Crippen LogP contribution in [0, 0.1) is 0 Å². The molecule has 0 fully saturated rings. The molecule has 70 valence electrons. The summed E-state index contributed by atoms with van der Waals surface area (Å²) >= 11 is 0. The summed E-state index contributed by atoms with van der Waals surface area (Å²) in [7, 11) is 0. The average molecular weight is 176 g/mol. The maximum absolute atomic E-state index is 9.53. The van der Waals surface area contributed by atoms with Crippen molar-refractivity contribution < 1.29 is 19.4 Å². The van der Waals surface area contributed by atoms with Crippen LogP contribution in [0.5, 0.6) is 0 Å². The van der Waals surface area contributed by atoms with Crippen LogP contribution in [0.3, 0.4) is 0 Å². The number of hydrogen-bond acceptors (Lipinski definition) is 4. The van der Waals surface area contributed by atoms with E-state index >= 15 is 0 Å².